The second-order valence-electron chi connectivity index (χ2n) is 4.25. The number of rotatable bonds is 3. The fraction of sp³-hybridized carbons (Fsp3) is 1.00. The molecule has 1 aliphatic heterocycles. The van der Waals surface area contributed by atoms with E-state index < -0.39 is 10.8 Å². The largest absolute Gasteiger partial charge is 0.313 e. The van der Waals surface area contributed by atoms with E-state index in [0.29, 0.717) is 11.3 Å². The van der Waals surface area contributed by atoms with Gasteiger partial charge in [-0.15, -0.1) is 0 Å². The summed E-state index contributed by atoms with van der Waals surface area (Å²) in [6.07, 6.45) is 7.52. The van der Waals surface area contributed by atoms with Gasteiger partial charge in [-0.25, -0.2) is 0 Å². The van der Waals surface area contributed by atoms with Crippen LogP contribution in [-0.4, -0.2) is 27.8 Å². The maximum absolute atomic E-state index is 11.9. The molecule has 2 atom stereocenters. The molecule has 1 aliphatic carbocycles. The lowest BCUT2D eigenvalue weighted by Crippen LogP contribution is -2.30. The van der Waals surface area contributed by atoms with E-state index in [2.05, 4.69) is 5.32 Å². The Labute approximate surface area is 82.9 Å². The zero-order valence-electron chi connectivity index (χ0n) is 8.13. The van der Waals surface area contributed by atoms with Crippen molar-refractivity contribution in [2.75, 3.05) is 12.3 Å². The van der Waals surface area contributed by atoms with E-state index in [4.69, 9.17) is 0 Å². The Hall–Kier alpha value is 0.110. The first-order valence-corrected chi connectivity index (χ1v) is 6.85. The van der Waals surface area contributed by atoms with E-state index in [1.807, 2.05) is 0 Å². The van der Waals surface area contributed by atoms with Crippen molar-refractivity contribution in [1.82, 2.24) is 5.32 Å². The third-order valence-corrected chi connectivity index (χ3v) is 5.15. The first-order valence-electron chi connectivity index (χ1n) is 5.47. The van der Waals surface area contributed by atoms with Gasteiger partial charge >= 0.3 is 0 Å². The molecule has 1 saturated carbocycles. The van der Waals surface area contributed by atoms with E-state index in [9.17, 15) is 4.21 Å². The molecule has 1 heterocycles. The molecule has 2 aliphatic rings. The summed E-state index contributed by atoms with van der Waals surface area (Å²) in [4.78, 5) is 0. The van der Waals surface area contributed by atoms with Crippen LogP contribution in [-0.2, 0) is 10.8 Å². The Kier molecular flexibility index (Phi) is 3.39. The lowest BCUT2D eigenvalue weighted by atomic mass is 10.3. The highest BCUT2D eigenvalue weighted by Gasteiger charge is 2.24. The topological polar surface area (TPSA) is 29.1 Å². The lowest BCUT2D eigenvalue weighted by Gasteiger charge is -2.13. The maximum Gasteiger partial charge on any atom is 0.0391 e. The van der Waals surface area contributed by atoms with Crippen molar-refractivity contribution >= 4 is 10.8 Å². The van der Waals surface area contributed by atoms with E-state index >= 15 is 0 Å². The van der Waals surface area contributed by atoms with E-state index in [1.54, 1.807) is 0 Å². The average Bonchev–Trinajstić information content (AvgIpc) is 2.74. The molecule has 0 bridgehead atoms. The minimum absolute atomic E-state index is 0.530. The van der Waals surface area contributed by atoms with E-state index in [-0.39, 0.29) is 0 Å². The van der Waals surface area contributed by atoms with Crippen molar-refractivity contribution in [2.45, 2.75) is 49.8 Å². The monoisotopic (exact) mass is 201 g/mol. The van der Waals surface area contributed by atoms with E-state index in [1.165, 1.54) is 38.5 Å². The molecule has 3 heteroatoms. The van der Waals surface area contributed by atoms with Crippen LogP contribution in [0.15, 0.2) is 0 Å². The van der Waals surface area contributed by atoms with Gasteiger partial charge in [-0.1, -0.05) is 12.8 Å². The number of nitrogens with one attached hydrogen (secondary N) is 1. The van der Waals surface area contributed by atoms with Crippen LogP contribution in [0.3, 0.4) is 0 Å². The molecule has 13 heavy (non-hydrogen) atoms. The van der Waals surface area contributed by atoms with Crippen molar-refractivity contribution in [3.05, 3.63) is 0 Å². The summed E-state index contributed by atoms with van der Waals surface area (Å²) < 4.78 is 11.9. The third kappa shape index (κ3) is 2.53. The molecular weight excluding hydrogens is 182 g/mol. The quantitative estimate of drug-likeness (QED) is 0.748. The number of hydrogen-bond donors (Lipinski definition) is 1. The van der Waals surface area contributed by atoms with Crippen LogP contribution < -0.4 is 5.32 Å². The van der Waals surface area contributed by atoms with Crippen molar-refractivity contribution < 1.29 is 4.21 Å². The van der Waals surface area contributed by atoms with Crippen LogP contribution in [0.2, 0.25) is 0 Å². The summed E-state index contributed by atoms with van der Waals surface area (Å²) in [6.45, 7) is 1.13. The molecule has 0 aromatic heterocycles. The summed E-state index contributed by atoms with van der Waals surface area (Å²) >= 11 is 0. The molecule has 2 unspecified atom stereocenters. The summed E-state index contributed by atoms with van der Waals surface area (Å²) in [6, 6.07) is 0.557. The predicted octanol–water partition coefficient (Wildman–Crippen LogP) is 1.43. The van der Waals surface area contributed by atoms with Gasteiger partial charge in [0.15, 0.2) is 0 Å². The zero-order valence-corrected chi connectivity index (χ0v) is 8.94. The minimum atomic E-state index is -0.548. The van der Waals surface area contributed by atoms with Gasteiger partial charge in [0.05, 0.1) is 0 Å². The minimum Gasteiger partial charge on any atom is -0.313 e. The second-order valence-corrected chi connectivity index (χ2v) is 6.01. The van der Waals surface area contributed by atoms with Crippen LogP contribution >= 0.6 is 0 Å². The predicted molar refractivity (Wildman–Crippen MR) is 56.3 cm³/mol. The highest BCUT2D eigenvalue weighted by Crippen LogP contribution is 2.23. The smallest absolute Gasteiger partial charge is 0.0391 e. The third-order valence-electron chi connectivity index (χ3n) is 3.20. The molecule has 2 fully saturated rings. The molecule has 1 N–H and O–H groups in total. The second kappa shape index (κ2) is 4.56. The highest BCUT2D eigenvalue weighted by atomic mass is 32.2. The highest BCUT2D eigenvalue weighted by molar-refractivity contribution is 7.85. The molecule has 0 radical (unpaired) electrons. The molecule has 0 amide bonds. The van der Waals surface area contributed by atoms with Crippen LogP contribution in [0.25, 0.3) is 0 Å². The van der Waals surface area contributed by atoms with Crippen LogP contribution in [0.5, 0.6) is 0 Å². The van der Waals surface area contributed by atoms with Crippen molar-refractivity contribution in [3.63, 3.8) is 0 Å². The Bertz CT molecular complexity index is 183. The van der Waals surface area contributed by atoms with Gasteiger partial charge in [0, 0.05) is 27.8 Å². The van der Waals surface area contributed by atoms with Gasteiger partial charge in [0.1, 0.15) is 0 Å². The van der Waals surface area contributed by atoms with Gasteiger partial charge in [-0.05, 0) is 32.2 Å². The summed E-state index contributed by atoms with van der Waals surface area (Å²) in [5.41, 5.74) is 0. The number of hydrogen-bond acceptors (Lipinski definition) is 2. The SMILES string of the molecule is O=S(CC1CCCN1)C1CCCC1. The Morgan fingerprint density at radius 1 is 1.15 bits per heavy atom. The maximum atomic E-state index is 11.9. The molecule has 2 nitrogen and oxygen atoms in total. The van der Waals surface area contributed by atoms with Gasteiger partial charge in [-0.3, -0.25) is 4.21 Å². The molecule has 2 rings (SSSR count). The Morgan fingerprint density at radius 3 is 2.54 bits per heavy atom. The molecular formula is C10H19NOS. The summed E-state index contributed by atoms with van der Waals surface area (Å²) in [5.74, 6) is 0.907. The van der Waals surface area contributed by atoms with Crippen molar-refractivity contribution in [3.8, 4) is 0 Å². The van der Waals surface area contributed by atoms with Crippen LogP contribution in [0, 0.1) is 0 Å². The van der Waals surface area contributed by atoms with Crippen LogP contribution in [0.1, 0.15) is 38.5 Å². The van der Waals surface area contributed by atoms with Crippen molar-refractivity contribution in [2.24, 2.45) is 0 Å². The fourth-order valence-electron chi connectivity index (χ4n) is 2.38. The fourth-order valence-corrected chi connectivity index (χ4v) is 4.20. The van der Waals surface area contributed by atoms with Crippen LogP contribution in [0.4, 0.5) is 0 Å². The molecule has 0 aromatic carbocycles. The Morgan fingerprint density at radius 2 is 1.92 bits per heavy atom. The molecule has 0 spiro atoms. The lowest BCUT2D eigenvalue weighted by molar-refractivity contribution is 0.633. The van der Waals surface area contributed by atoms with E-state index in [0.717, 1.165) is 12.3 Å². The van der Waals surface area contributed by atoms with Crippen molar-refractivity contribution in [1.29, 1.82) is 0 Å². The van der Waals surface area contributed by atoms with Gasteiger partial charge in [0.2, 0.25) is 0 Å². The Balaban J connectivity index is 1.76. The first kappa shape index (κ1) is 9.66. The normalized spacial score (nSPS) is 32.5. The standard InChI is InChI=1S/C10H19NOS/c12-13(10-5-1-2-6-10)8-9-4-3-7-11-9/h9-11H,1-8H2. The molecule has 76 valence electrons. The molecule has 0 aromatic rings. The summed E-state index contributed by atoms with van der Waals surface area (Å²) in [5, 5.41) is 3.95. The first-order chi connectivity index (χ1) is 6.36. The average molecular weight is 201 g/mol. The zero-order chi connectivity index (χ0) is 9.10. The van der Waals surface area contributed by atoms with Gasteiger partial charge in [-0.2, -0.15) is 0 Å². The van der Waals surface area contributed by atoms with Gasteiger partial charge < -0.3 is 5.32 Å². The van der Waals surface area contributed by atoms with Gasteiger partial charge in [0.25, 0.3) is 0 Å². The molecule has 1 saturated heterocycles. The summed E-state index contributed by atoms with van der Waals surface area (Å²) in [7, 11) is -0.548.